The molecule has 20 heavy (non-hydrogen) atoms. The Balaban J connectivity index is 2.98. The molecule has 0 atom stereocenters. The maximum Gasteiger partial charge on any atom is 0.411 e. The molecule has 1 aromatic carbocycles. The fraction of sp³-hybridized carbons (Fsp3) is 0.500. The third-order valence-corrected chi connectivity index (χ3v) is 2.23. The number of halogens is 1. The van der Waals surface area contributed by atoms with Crippen LogP contribution in [0.25, 0.3) is 0 Å². The maximum atomic E-state index is 14.3. The van der Waals surface area contributed by atoms with E-state index in [4.69, 9.17) is 14.2 Å². The molecule has 0 heterocycles. The first-order chi connectivity index (χ1) is 9.49. The van der Waals surface area contributed by atoms with Crippen molar-refractivity contribution in [2.45, 2.75) is 33.8 Å². The lowest BCUT2D eigenvalue weighted by Crippen LogP contribution is -2.19. The van der Waals surface area contributed by atoms with Crippen LogP contribution < -0.4 is 14.8 Å². The third kappa shape index (κ3) is 4.29. The summed E-state index contributed by atoms with van der Waals surface area (Å²) in [4.78, 5) is 11.5. The number of anilines is 1. The second kappa shape index (κ2) is 7.57. The molecule has 0 aliphatic rings. The highest BCUT2D eigenvalue weighted by Crippen LogP contribution is 2.35. The van der Waals surface area contributed by atoms with Crippen LogP contribution >= 0.6 is 0 Å². The van der Waals surface area contributed by atoms with Crippen molar-refractivity contribution in [3.05, 3.63) is 17.9 Å². The molecule has 0 aliphatic heterocycles. The number of carbonyl (C=O) groups excluding carboxylic acids is 1. The summed E-state index contributed by atoms with van der Waals surface area (Å²) in [7, 11) is 0. The van der Waals surface area contributed by atoms with Crippen molar-refractivity contribution in [2.24, 2.45) is 0 Å². The van der Waals surface area contributed by atoms with Gasteiger partial charge in [0.15, 0.2) is 17.3 Å². The summed E-state index contributed by atoms with van der Waals surface area (Å²) >= 11 is 0. The van der Waals surface area contributed by atoms with Gasteiger partial charge in [0.05, 0.1) is 25.0 Å². The quantitative estimate of drug-likeness (QED) is 0.868. The average Bonchev–Trinajstić information content (AvgIpc) is 2.36. The second-order valence-electron chi connectivity index (χ2n) is 4.20. The van der Waals surface area contributed by atoms with Crippen molar-refractivity contribution in [3.8, 4) is 11.5 Å². The molecule has 0 saturated heterocycles. The van der Waals surface area contributed by atoms with Crippen LogP contribution in [-0.2, 0) is 4.74 Å². The van der Waals surface area contributed by atoms with Gasteiger partial charge < -0.3 is 14.2 Å². The number of carbonyl (C=O) groups is 1. The van der Waals surface area contributed by atoms with E-state index in [0.29, 0.717) is 12.4 Å². The number of hydrogen-bond acceptors (Lipinski definition) is 4. The summed E-state index contributed by atoms with van der Waals surface area (Å²) in [5, 5.41) is 2.34. The fourth-order valence-corrected chi connectivity index (χ4v) is 1.54. The molecular weight excluding hydrogens is 265 g/mol. The first-order valence-corrected chi connectivity index (χ1v) is 6.55. The van der Waals surface area contributed by atoms with Crippen LogP contribution in [0.1, 0.15) is 27.7 Å². The molecule has 1 amide bonds. The lowest BCUT2D eigenvalue weighted by molar-refractivity contribution is 0.130. The van der Waals surface area contributed by atoms with Crippen LogP contribution in [0.15, 0.2) is 12.1 Å². The van der Waals surface area contributed by atoms with E-state index in [9.17, 15) is 9.18 Å². The van der Waals surface area contributed by atoms with Crippen LogP contribution in [0.5, 0.6) is 11.5 Å². The predicted octanol–water partition coefficient (Wildman–Crippen LogP) is 3.58. The highest BCUT2D eigenvalue weighted by molar-refractivity contribution is 5.85. The second-order valence-corrected chi connectivity index (χ2v) is 4.20. The number of nitrogens with one attached hydrogen (secondary N) is 1. The summed E-state index contributed by atoms with van der Waals surface area (Å²) in [6.45, 7) is 7.63. The number of rotatable bonds is 6. The Morgan fingerprint density at radius 3 is 2.45 bits per heavy atom. The van der Waals surface area contributed by atoms with Crippen molar-refractivity contribution in [1.82, 2.24) is 0 Å². The minimum Gasteiger partial charge on any atom is -0.490 e. The number of amides is 1. The highest BCUT2D eigenvalue weighted by atomic mass is 19.1. The van der Waals surface area contributed by atoms with Crippen LogP contribution in [0, 0.1) is 5.82 Å². The van der Waals surface area contributed by atoms with E-state index >= 15 is 0 Å². The Kier molecular flexibility index (Phi) is 6.09. The standard InChI is InChI=1S/C14H20FNO4/c1-5-18-11-8-7-10(12(15)13(11)19-6-2)16-14(17)20-9(3)4/h7-9H,5-6H2,1-4H3,(H,16,17). The van der Waals surface area contributed by atoms with Gasteiger partial charge in [0.1, 0.15) is 0 Å². The number of benzene rings is 1. The monoisotopic (exact) mass is 285 g/mol. The molecule has 0 radical (unpaired) electrons. The van der Waals surface area contributed by atoms with E-state index in [1.165, 1.54) is 6.07 Å². The molecule has 1 N–H and O–H groups in total. The molecule has 0 saturated carbocycles. The SMILES string of the molecule is CCOc1ccc(NC(=O)OC(C)C)c(F)c1OCC. The predicted molar refractivity (Wildman–Crippen MR) is 74.0 cm³/mol. The Bertz CT molecular complexity index is 463. The molecule has 6 heteroatoms. The van der Waals surface area contributed by atoms with Crippen molar-refractivity contribution >= 4 is 11.8 Å². The molecule has 0 aromatic heterocycles. The molecule has 0 aliphatic carbocycles. The number of hydrogen-bond donors (Lipinski definition) is 1. The molecule has 1 aromatic rings. The summed E-state index contributed by atoms with van der Waals surface area (Å²) in [5.74, 6) is -0.398. The Morgan fingerprint density at radius 1 is 1.25 bits per heavy atom. The molecular formula is C14H20FNO4. The van der Waals surface area contributed by atoms with Gasteiger partial charge in [0.25, 0.3) is 0 Å². The number of ether oxygens (including phenoxy) is 3. The Labute approximate surface area is 118 Å². The van der Waals surface area contributed by atoms with Crippen molar-refractivity contribution in [1.29, 1.82) is 0 Å². The van der Waals surface area contributed by atoms with Crippen LogP contribution in [0.3, 0.4) is 0 Å². The maximum absolute atomic E-state index is 14.3. The zero-order valence-electron chi connectivity index (χ0n) is 12.2. The summed E-state index contributed by atoms with van der Waals surface area (Å²) in [5.41, 5.74) is -0.0115. The summed E-state index contributed by atoms with van der Waals surface area (Å²) in [6, 6.07) is 2.95. The normalized spacial score (nSPS) is 10.3. The van der Waals surface area contributed by atoms with Crippen molar-refractivity contribution in [2.75, 3.05) is 18.5 Å². The molecule has 1 rings (SSSR count). The van der Waals surface area contributed by atoms with E-state index in [-0.39, 0.29) is 24.1 Å². The van der Waals surface area contributed by atoms with E-state index in [0.717, 1.165) is 0 Å². The largest absolute Gasteiger partial charge is 0.490 e. The molecule has 0 spiro atoms. The van der Waals surface area contributed by atoms with Gasteiger partial charge >= 0.3 is 6.09 Å². The topological polar surface area (TPSA) is 56.8 Å². The zero-order chi connectivity index (χ0) is 15.1. The fourth-order valence-electron chi connectivity index (χ4n) is 1.54. The molecule has 112 valence electrons. The van der Waals surface area contributed by atoms with Crippen molar-refractivity contribution < 1.29 is 23.4 Å². The van der Waals surface area contributed by atoms with Gasteiger partial charge in [-0.15, -0.1) is 0 Å². The minimum absolute atomic E-state index is 0.0115. The summed E-state index contributed by atoms with van der Waals surface area (Å²) in [6.07, 6.45) is -1.00. The zero-order valence-corrected chi connectivity index (χ0v) is 12.2. The van der Waals surface area contributed by atoms with Gasteiger partial charge in [0.2, 0.25) is 0 Å². The molecule has 5 nitrogen and oxygen atoms in total. The molecule has 0 fully saturated rings. The Morgan fingerprint density at radius 2 is 1.90 bits per heavy atom. The van der Waals surface area contributed by atoms with Gasteiger partial charge in [-0.3, -0.25) is 5.32 Å². The average molecular weight is 285 g/mol. The van der Waals surface area contributed by atoms with Crippen LogP contribution in [0.4, 0.5) is 14.9 Å². The third-order valence-electron chi connectivity index (χ3n) is 2.23. The van der Waals surface area contributed by atoms with Crippen LogP contribution in [-0.4, -0.2) is 25.4 Å². The van der Waals surface area contributed by atoms with E-state index < -0.39 is 11.9 Å². The molecule has 0 unspecified atom stereocenters. The summed E-state index contributed by atoms with van der Waals surface area (Å²) < 4.78 is 29.7. The Hall–Kier alpha value is -1.98. The first kappa shape index (κ1) is 16.1. The van der Waals surface area contributed by atoms with E-state index in [1.807, 2.05) is 0 Å². The molecule has 0 bridgehead atoms. The first-order valence-electron chi connectivity index (χ1n) is 6.55. The van der Waals surface area contributed by atoms with Gasteiger partial charge in [-0.1, -0.05) is 0 Å². The smallest absolute Gasteiger partial charge is 0.411 e. The van der Waals surface area contributed by atoms with Gasteiger partial charge in [0, 0.05) is 0 Å². The minimum atomic E-state index is -0.717. The van der Waals surface area contributed by atoms with E-state index in [1.54, 1.807) is 33.8 Å². The van der Waals surface area contributed by atoms with Crippen molar-refractivity contribution in [3.63, 3.8) is 0 Å². The van der Waals surface area contributed by atoms with Gasteiger partial charge in [-0.2, -0.15) is 0 Å². The highest BCUT2D eigenvalue weighted by Gasteiger charge is 2.18. The van der Waals surface area contributed by atoms with Gasteiger partial charge in [-0.05, 0) is 39.8 Å². The lowest BCUT2D eigenvalue weighted by atomic mass is 10.2. The van der Waals surface area contributed by atoms with E-state index in [2.05, 4.69) is 5.32 Å². The lowest BCUT2D eigenvalue weighted by Gasteiger charge is -2.15. The van der Waals surface area contributed by atoms with Crippen LogP contribution in [0.2, 0.25) is 0 Å². The van der Waals surface area contributed by atoms with Gasteiger partial charge in [-0.25, -0.2) is 9.18 Å².